The summed E-state index contributed by atoms with van der Waals surface area (Å²) in [6.45, 7) is 2.67. The van der Waals surface area contributed by atoms with Gasteiger partial charge in [0.1, 0.15) is 0 Å². The average molecular weight is 346 g/mol. The van der Waals surface area contributed by atoms with Crippen LogP contribution >= 0.6 is 0 Å². The molecule has 0 spiro atoms. The molecule has 1 atom stereocenters. The third kappa shape index (κ3) is 7.18. The number of rotatable bonds is 6. The van der Waals surface area contributed by atoms with Gasteiger partial charge < -0.3 is 10.2 Å². The molecule has 1 amide bonds. The lowest BCUT2D eigenvalue weighted by Gasteiger charge is -2.29. The average Bonchev–Trinajstić information content (AvgIpc) is 2.90. The van der Waals surface area contributed by atoms with E-state index >= 15 is 0 Å². The van der Waals surface area contributed by atoms with E-state index in [1.807, 2.05) is 0 Å². The quantitative estimate of drug-likeness (QED) is 0.755. The molecule has 2 N–H and O–H groups in total. The van der Waals surface area contributed by atoms with E-state index in [9.17, 15) is 13.2 Å². The molecule has 0 radical (unpaired) electrons. The predicted molar refractivity (Wildman–Crippen MR) is 91.6 cm³/mol. The van der Waals surface area contributed by atoms with Crippen LogP contribution in [0.25, 0.3) is 0 Å². The highest BCUT2D eigenvalue weighted by Gasteiger charge is 2.28. The van der Waals surface area contributed by atoms with Crippen LogP contribution in [0.1, 0.15) is 51.4 Å². The Bertz CT molecular complexity index is 473. The second-order valence-corrected chi connectivity index (χ2v) is 8.88. The Morgan fingerprint density at radius 2 is 1.74 bits per heavy atom. The molecular formula is C16H31N3O3S. The summed E-state index contributed by atoms with van der Waals surface area (Å²) in [5.74, 6) is 0.238. The number of hydrogen-bond donors (Lipinski definition) is 2. The Balaban J connectivity index is 1.67. The van der Waals surface area contributed by atoms with Gasteiger partial charge in [0.15, 0.2) is 0 Å². The topological polar surface area (TPSA) is 78.5 Å². The molecule has 1 unspecified atom stereocenters. The number of sulfonamides is 1. The molecule has 0 bridgehead atoms. The van der Waals surface area contributed by atoms with Gasteiger partial charge in [-0.25, -0.2) is 13.1 Å². The van der Waals surface area contributed by atoms with Crippen molar-refractivity contribution in [3.05, 3.63) is 0 Å². The highest BCUT2D eigenvalue weighted by molar-refractivity contribution is 7.88. The van der Waals surface area contributed by atoms with E-state index in [4.69, 9.17) is 0 Å². The van der Waals surface area contributed by atoms with Crippen LogP contribution in [-0.4, -0.2) is 57.7 Å². The van der Waals surface area contributed by atoms with Crippen LogP contribution in [0.5, 0.6) is 0 Å². The van der Waals surface area contributed by atoms with Gasteiger partial charge in [-0.05, 0) is 31.7 Å². The van der Waals surface area contributed by atoms with Crippen molar-refractivity contribution in [1.29, 1.82) is 0 Å². The maximum atomic E-state index is 11.7. The molecule has 23 heavy (non-hydrogen) atoms. The summed E-state index contributed by atoms with van der Waals surface area (Å²) in [5, 5.41) is 2.85. The van der Waals surface area contributed by atoms with E-state index in [1.165, 1.54) is 44.9 Å². The fourth-order valence-electron chi connectivity index (χ4n) is 3.68. The molecule has 1 heterocycles. The summed E-state index contributed by atoms with van der Waals surface area (Å²) < 4.78 is 24.2. The zero-order chi connectivity index (χ0) is 16.7. The molecule has 2 aliphatic rings. The first-order valence-corrected chi connectivity index (χ1v) is 10.8. The third-order valence-electron chi connectivity index (χ3n) is 4.99. The second-order valence-electron chi connectivity index (χ2n) is 7.05. The molecule has 1 saturated heterocycles. The SMILES string of the molecule is CS(=O)(=O)NCC(=O)NCC1CCN(C2CCCCCCC2)C1. The minimum absolute atomic E-state index is 0.169. The molecule has 2 rings (SSSR count). The maximum absolute atomic E-state index is 11.7. The van der Waals surface area contributed by atoms with E-state index in [2.05, 4.69) is 14.9 Å². The van der Waals surface area contributed by atoms with Crippen molar-refractivity contribution in [1.82, 2.24) is 14.9 Å². The van der Waals surface area contributed by atoms with Gasteiger partial charge >= 0.3 is 0 Å². The minimum Gasteiger partial charge on any atom is -0.355 e. The van der Waals surface area contributed by atoms with Crippen LogP contribution in [0.4, 0.5) is 0 Å². The number of hydrogen-bond acceptors (Lipinski definition) is 4. The fraction of sp³-hybridized carbons (Fsp3) is 0.938. The molecule has 134 valence electrons. The van der Waals surface area contributed by atoms with Crippen molar-refractivity contribution in [2.45, 2.75) is 57.4 Å². The van der Waals surface area contributed by atoms with Gasteiger partial charge in [-0.15, -0.1) is 0 Å². The summed E-state index contributed by atoms with van der Waals surface area (Å²) in [7, 11) is -3.31. The summed E-state index contributed by atoms with van der Waals surface area (Å²) in [4.78, 5) is 14.3. The van der Waals surface area contributed by atoms with Crippen LogP contribution in [0, 0.1) is 5.92 Å². The summed E-state index contributed by atoms with van der Waals surface area (Å²) in [6.07, 6.45) is 11.6. The van der Waals surface area contributed by atoms with Crippen molar-refractivity contribution in [2.75, 3.05) is 32.4 Å². The third-order valence-corrected chi connectivity index (χ3v) is 5.66. The van der Waals surface area contributed by atoms with Crippen molar-refractivity contribution < 1.29 is 13.2 Å². The van der Waals surface area contributed by atoms with Gasteiger partial charge in [0.2, 0.25) is 15.9 Å². The van der Waals surface area contributed by atoms with Crippen LogP contribution in [0.15, 0.2) is 0 Å². The molecule has 6 nitrogen and oxygen atoms in total. The largest absolute Gasteiger partial charge is 0.355 e. The molecule has 1 aliphatic heterocycles. The first-order chi connectivity index (χ1) is 10.9. The Kier molecular flexibility index (Phi) is 7.30. The number of nitrogens with one attached hydrogen (secondary N) is 2. The summed E-state index contributed by atoms with van der Waals surface area (Å²) in [5.41, 5.74) is 0. The number of likely N-dealkylation sites (tertiary alicyclic amines) is 1. The Labute approximate surface area is 140 Å². The van der Waals surface area contributed by atoms with Crippen LogP contribution < -0.4 is 10.0 Å². The zero-order valence-corrected chi connectivity index (χ0v) is 15.0. The monoisotopic (exact) mass is 345 g/mol. The van der Waals surface area contributed by atoms with Crippen molar-refractivity contribution >= 4 is 15.9 Å². The standard InChI is InChI=1S/C16H31N3O3S/c1-23(21,22)18-12-16(20)17-11-14-9-10-19(13-14)15-7-5-3-2-4-6-8-15/h14-15,18H,2-13H2,1H3,(H,17,20). The maximum Gasteiger partial charge on any atom is 0.235 e. The van der Waals surface area contributed by atoms with E-state index in [0.717, 1.165) is 31.8 Å². The highest BCUT2D eigenvalue weighted by Crippen LogP contribution is 2.26. The van der Waals surface area contributed by atoms with E-state index in [1.54, 1.807) is 0 Å². The lowest BCUT2D eigenvalue weighted by molar-refractivity contribution is -0.120. The normalized spacial score (nSPS) is 25.0. The molecule has 1 saturated carbocycles. The van der Waals surface area contributed by atoms with Gasteiger partial charge in [0, 0.05) is 19.1 Å². The summed E-state index contributed by atoms with van der Waals surface area (Å²) in [6, 6.07) is 0.725. The van der Waals surface area contributed by atoms with Crippen LogP contribution in [0.3, 0.4) is 0 Å². The molecule has 1 aliphatic carbocycles. The fourth-order valence-corrected chi connectivity index (χ4v) is 4.07. The lowest BCUT2D eigenvalue weighted by Crippen LogP contribution is -2.39. The van der Waals surface area contributed by atoms with Gasteiger partial charge in [-0.1, -0.05) is 32.1 Å². The van der Waals surface area contributed by atoms with Crippen molar-refractivity contribution in [2.24, 2.45) is 5.92 Å². The minimum atomic E-state index is -3.31. The van der Waals surface area contributed by atoms with Gasteiger partial charge in [-0.3, -0.25) is 4.79 Å². The number of carbonyl (C=O) groups is 1. The molecule has 7 heteroatoms. The van der Waals surface area contributed by atoms with E-state index in [-0.39, 0.29) is 12.5 Å². The lowest BCUT2D eigenvalue weighted by atomic mass is 9.96. The van der Waals surface area contributed by atoms with Gasteiger partial charge in [0.05, 0.1) is 12.8 Å². The van der Waals surface area contributed by atoms with Crippen molar-refractivity contribution in [3.63, 3.8) is 0 Å². The predicted octanol–water partition coefficient (Wildman–Crippen LogP) is 1.09. The van der Waals surface area contributed by atoms with E-state index in [0.29, 0.717) is 12.5 Å². The van der Waals surface area contributed by atoms with Gasteiger partial charge in [-0.2, -0.15) is 0 Å². The number of amides is 1. The van der Waals surface area contributed by atoms with E-state index < -0.39 is 10.0 Å². The Hall–Kier alpha value is -0.660. The van der Waals surface area contributed by atoms with Crippen molar-refractivity contribution in [3.8, 4) is 0 Å². The molecule has 0 aromatic rings. The highest BCUT2D eigenvalue weighted by atomic mass is 32.2. The molecule has 0 aromatic heterocycles. The molecule has 2 fully saturated rings. The second kappa shape index (κ2) is 8.99. The van der Waals surface area contributed by atoms with Crippen LogP contribution in [0.2, 0.25) is 0 Å². The number of carbonyl (C=O) groups excluding carboxylic acids is 1. The van der Waals surface area contributed by atoms with Crippen LogP contribution in [-0.2, 0) is 14.8 Å². The molecular weight excluding hydrogens is 314 g/mol. The number of nitrogens with zero attached hydrogens (tertiary/aromatic N) is 1. The first-order valence-electron chi connectivity index (χ1n) is 8.89. The summed E-state index contributed by atoms with van der Waals surface area (Å²) >= 11 is 0. The smallest absolute Gasteiger partial charge is 0.235 e. The molecule has 0 aromatic carbocycles. The van der Waals surface area contributed by atoms with Gasteiger partial charge in [0.25, 0.3) is 0 Å². The Morgan fingerprint density at radius 3 is 2.39 bits per heavy atom. The zero-order valence-electron chi connectivity index (χ0n) is 14.2. The Morgan fingerprint density at radius 1 is 1.09 bits per heavy atom. The first kappa shape index (κ1) is 18.7.